The van der Waals surface area contributed by atoms with E-state index in [0.29, 0.717) is 32.7 Å². The number of aryl methyl sites for hydroxylation is 1. The van der Waals surface area contributed by atoms with E-state index in [0.717, 1.165) is 30.0 Å². The maximum atomic E-state index is 13.0. The Morgan fingerprint density at radius 2 is 1.74 bits per heavy atom. The maximum absolute atomic E-state index is 13.0. The van der Waals surface area contributed by atoms with Crippen LogP contribution in [0.15, 0.2) is 42.6 Å². The number of methoxy groups -OCH3 is 1. The number of hydrogen-bond acceptors (Lipinski definition) is 3. The summed E-state index contributed by atoms with van der Waals surface area (Å²) in [6, 6.07) is 7.82. The number of amides is 2. The monoisotopic (exact) mass is 439 g/mol. The molecule has 2 amide bonds. The highest BCUT2D eigenvalue weighted by atomic mass is 19.4. The predicted molar refractivity (Wildman–Crippen MR) is 110 cm³/mol. The highest BCUT2D eigenvalue weighted by Gasteiger charge is 2.30. The standard InChI is InChI=1S/C22H28F3N3O3/c1-4-11-28(21(30)17-7-9-18(10-8-17)22(23,24)25)16-20(29)27(13-14-31-3)15-19-6-5-12-26(19)2/h5-10,12H,4,11,13-16H2,1-3H3. The highest BCUT2D eigenvalue weighted by Crippen LogP contribution is 2.29. The Morgan fingerprint density at radius 3 is 2.26 bits per heavy atom. The molecule has 170 valence electrons. The van der Waals surface area contributed by atoms with Gasteiger partial charge in [0.25, 0.3) is 5.91 Å². The zero-order valence-electron chi connectivity index (χ0n) is 18.0. The molecule has 1 aromatic heterocycles. The number of nitrogens with zero attached hydrogens (tertiary/aromatic N) is 3. The number of halogens is 3. The van der Waals surface area contributed by atoms with Crippen molar-refractivity contribution in [3.63, 3.8) is 0 Å². The zero-order chi connectivity index (χ0) is 23.0. The van der Waals surface area contributed by atoms with Crippen LogP contribution in [0.5, 0.6) is 0 Å². The molecule has 0 saturated carbocycles. The topological polar surface area (TPSA) is 54.8 Å². The van der Waals surface area contributed by atoms with Crippen molar-refractivity contribution in [2.24, 2.45) is 7.05 Å². The first kappa shape index (κ1) is 24.5. The van der Waals surface area contributed by atoms with Crippen LogP contribution in [0.3, 0.4) is 0 Å². The number of benzene rings is 1. The van der Waals surface area contributed by atoms with Crippen molar-refractivity contribution < 1.29 is 27.5 Å². The Morgan fingerprint density at radius 1 is 1.06 bits per heavy atom. The summed E-state index contributed by atoms with van der Waals surface area (Å²) in [4.78, 5) is 28.9. The highest BCUT2D eigenvalue weighted by molar-refractivity contribution is 5.96. The minimum Gasteiger partial charge on any atom is -0.383 e. The van der Waals surface area contributed by atoms with Gasteiger partial charge in [-0.3, -0.25) is 9.59 Å². The Bertz CT molecular complexity index is 863. The van der Waals surface area contributed by atoms with E-state index in [1.54, 1.807) is 12.0 Å². The first-order chi connectivity index (χ1) is 14.7. The number of ether oxygens (including phenoxy) is 1. The van der Waals surface area contributed by atoms with E-state index in [4.69, 9.17) is 4.74 Å². The molecule has 31 heavy (non-hydrogen) atoms. The summed E-state index contributed by atoms with van der Waals surface area (Å²) in [6.07, 6.45) is -1.99. The van der Waals surface area contributed by atoms with Crippen molar-refractivity contribution in [2.75, 3.05) is 33.4 Å². The molecular weight excluding hydrogens is 411 g/mol. The summed E-state index contributed by atoms with van der Waals surface area (Å²) in [5, 5.41) is 0. The van der Waals surface area contributed by atoms with Crippen molar-refractivity contribution in [3.8, 4) is 0 Å². The molecule has 0 aliphatic heterocycles. The second-order valence-electron chi connectivity index (χ2n) is 7.22. The van der Waals surface area contributed by atoms with Gasteiger partial charge in [-0.2, -0.15) is 13.2 Å². The maximum Gasteiger partial charge on any atom is 0.416 e. The fourth-order valence-electron chi connectivity index (χ4n) is 3.12. The Labute approximate surface area is 180 Å². The SMILES string of the molecule is CCCN(CC(=O)N(CCOC)Cc1cccn1C)C(=O)c1ccc(C(F)(F)F)cc1. The van der Waals surface area contributed by atoms with Crippen LogP contribution >= 0.6 is 0 Å². The minimum atomic E-state index is -4.47. The lowest BCUT2D eigenvalue weighted by Gasteiger charge is -2.28. The summed E-state index contributed by atoms with van der Waals surface area (Å²) in [7, 11) is 3.43. The van der Waals surface area contributed by atoms with E-state index in [1.807, 2.05) is 36.9 Å². The van der Waals surface area contributed by atoms with Gasteiger partial charge in [0, 0.05) is 44.7 Å². The van der Waals surface area contributed by atoms with Gasteiger partial charge in [-0.15, -0.1) is 0 Å². The smallest absolute Gasteiger partial charge is 0.383 e. The molecule has 0 spiro atoms. The molecule has 0 saturated heterocycles. The second kappa shape index (κ2) is 11.0. The zero-order valence-corrected chi connectivity index (χ0v) is 18.0. The summed E-state index contributed by atoms with van der Waals surface area (Å²) < 4.78 is 45.4. The van der Waals surface area contributed by atoms with Gasteiger partial charge < -0.3 is 19.1 Å². The average molecular weight is 439 g/mol. The molecule has 0 bridgehead atoms. The lowest BCUT2D eigenvalue weighted by molar-refractivity contribution is -0.137. The molecule has 0 N–H and O–H groups in total. The molecule has 0 aliphatic rings. The molecular formula is C22H28F3N3O3. The molecule has 2 rings (SSSR count). The van der Waals surface area contributed by atoms with Crippen LogP contribution in [0, 0.1) is 0 Å². The summed E-state index contributed by atoms with van der Waals surface area (Å²) >= 11 is 0. The van der Waals surface area contributed by atoms with Crippen LogP contribution < -0.4 is 0 Å². The van der Waals surface area contributed by atoms with E-state index in [2.05, 4.69) is 0 Å². The Kier molecular flexibility index (Phi) is 8.67. The van der Waals surface area contributed by atoms with Crippen molar-refractivity contribution in [1.82, 2.24) is 14.4 Å². The number of hydrogen-bond donors (Lipinski definition) is 0. The Hall–Kier alpha value is -2.81. The van der Waals surface area contributed by atoms with E-state index in [-0.39, 0.29) is 18.0 Å². The summed E-state index contributed by atoms with van der Waals surface area (Å²) in [6.45, 7) is 3.08. The summed E-state index contributed by atoms with van der Waals surface area (Å²) in [5.41, 5.74) is 0.219. The molecule has 6 nitrogen and oxygen atoms in total. The lowest BCUT2D eigenvalue weighted by Crippen LogP contribution is -2.44. The largest absolute Gasteiger partial charge is 0.416 e. The number of carbonyl (C=O) groups excluding carboxylic acids is 2. The van der Waals surface area contributed by atoms with Crippen LogP contribution in [0.25, 0.3) is 0 Å². The molecule has 0 aliphatic carbocycles. The normalized spacial score (nSPS) is 11.4. The van der Waals surface area contributed by atoms with Crippen molar-refractivity contribution in [2.45, 2.75) is 26.1 Å². The number of carbonyl (C=O) groups is 2. The van der Waals surface area contributed by atoms with Gasteiger partial charge in [0.1, 0.15) is 6.54 Å². The van der Waals surface area contributed by atoms with Crippen LogP contribution in [0.2, 0.25) is 0 Å². The van der Waals surface area contributed by atoms with Gasteiger partial charge in [0.15, 0.2) is 0 Å². The number of alkyl halides is 3. The van der Waals surface area contributed by atoms with Crippen LogP contribution in [-0.4, -0.2) is 59.5 Å². The van der Waals surface area contributed by atoms with Crippen LogP contribution in [0.1, 0.15) is 35.0 Å². The number of aromatic nitrogens is 1. The lowest BCUT2D eigenvalue weighted by atomic mass is 10.1. The van der Waals surface area contributed by atoms with Gasteiger partial charge in [0.05, 0.1) is 18.7 Å². The minimum absolute atomic E-state index is 0.111. The van der Waals surface area contributed by atoms with Crippen molar-refractivity contribution in [3.05, 3.63) is 59.4 Å². The van der Waals surface area contributed by atoms with Crippen molar-refractivity contribution in [1.29, 1.82) is 0 Å². The van der Waals surface area contributed by atoms with E-state index in [9.17, 15) is 22.8 Å². The molecule has 0 atom stereocenters. The third kappa shape index (κ3) is 6.85. The molecule has 0 radical (unpaired) electrons. The Balaban J connectivity index is 2.15. The number of rotatable bonds is 10. The second-order valence-corrected chi connectivity index (χ2v) is 7.22. The van der Waals surface area contributed by atoms with Crippen LogP contribution in [-0.2, 0) is 29.3 Å². The van der Waals surface area contributed by atoms with Gasteiger partial charge >= 0.3 is 6.18 Å². The van der Waals surface area contributed by atoms with Gasteiger partial charge in [0.2, 0.25) is 5.91 Å². The fourth-order valence-corrected chi connectivity index (χ4v) is 3.12. The predicted octanol–water partition coefficient (Wildman–Crippen LogP) is 3.57. The third-order valence-corrected chi connectivity index (χ3v) is 4.89. The van der Waals surface area contributed by atoms with E-state index >= 15 is 0 Å². The average Bonchev–Trinajstić information content (AvgIpc) is 3.14. The molecule has 2 aromatic rings. The first-order valence-electron chi connectivity index (χ1n) is 10.0. The van der Waals surface area contributed by atoms with E-state index in [1.165, 1.54) is 4.90 Å². The van der Waals surface area contributed by atoms with Crippen molar-refractivity contribution >= 4 is 11.8 Å². The van der Waals surface area contributed by atoms with Gasteiger partial charge in [-0.05, 0) is 42.8 Å². The van der Waals surface area contributed by atoms with Gasteiger partial charge in [-0.25, -0.2) is 0 Å². The fraction of sp³-hybridized carbons (Fsp3) is 0.455. The molecule has 9 heteroatoms. The summed E-state index contributed by atoms with van der Waals surface area (Å²) in [5.74, 6) is -0.735. The molecule has 1 aromatic carbocycles. The molecule has 1 heterocycles. The van der Waals surface area contributed by atoms with Gasteiger partial charge in [-0.1, -0.05) is 6.92 Å². The quantitative estimate of drug-likeness (QED) is 0.569. The third-order valence-electron chi connectivity index (χ3n) is 4.89. The molecule has 0 fully saturated rings. The van der Waals surface area contributed by atoms with Crippen LogP contribution in [0.4, 0.5) is 13.2 Å². The first-order valence-corrected chi connectivity index (χ1v) is 10.0. The molecule has 0 unspecified atom stereocenters. The van der Waals surface area contributed by atoms with E-state index < -0.39 is 17.6 Å².